The Morgan fingerprint density at radius 2 is 2.07 bits per heavy atom. The van der Waals surface area contributed by atoms with E-state index in [9.17, 15) is 14.7 Å². The van der Waals surface area contributed by atoms with E-state index in [-0.39, 0.29) is 28.8 Å². The number of ether oxygens (including phenoxy) is 1. The molecule has 0 aromatic rings. The van der Waals surface area contributed by atoms with Crippen molar-refractivity contribution >= 4 is 79.0 Å². The van der Waals surface area contributed by atoms with E-state index in [0.29, 0.717) is 18.1 Å². The van der Waals surface area contributed by atoms with Crippen LogP contribution in [0.4, 0.5) is 0 Å². The average Bonchev–Trinajstić information content (AvgIpc) is 3.16. The summed E-state index contributed by atoms with van der Waals surface area (Å²) in [5.41, 5.74) is 0. The molecule has 152 valence electrons. The van der Waals surface area contributed by atoms with Crippen molar-refractivity contribution in [2.75, 3.05) is 0 Å². The standard InChI is InChI=1S/C18H26O4S5/c1-3-4-10(20)6-17(26)11-5-13-18(11,27-13)12(22-9(2)19)7-16(25,8-23)14(21)15(17)24/h8,11-15,21,24-26H,3-7H2,1-2H3/t11?,12-,13?,14?,15+,16-,17?,18+/m1/s1. The first-order chi connectivity index (χ1) is 12.5. The zero-order chi connectivity index (χ0) is 20.2. The fraction of sp³-hybridized carbons (Fsp3) is 0.833. The molecule has 3 fully saturated rings. The zero-order valence-corrected chi connectivity index (χ0v) is 19.6. The van der Waals surface area contributed by atoms with Gasteiger partial charge < -0.3 is 9.84 Å². The lowest BCUT2D eigenvalue weighted by Crippen LogP contribution is -2.67. The highest BCUT2D eigenvalue weighted by Gasteiger charge is 2.79. The van der Waals surface area contributed by atoms with Crippen LogP contribution in [-0.4, -0.2) is 59.2 Å². The van der Waals surface area contributed by atoms with Crippen molar-refractivity contribution in [3.05, 3.63) is 0 Å². The number of hydrogen-bond donors (Lipinski definition) is 4. The molecule has 8 atom stereocenters. The summed E-state index contributed by atoms with van der Waals surface area (Å²) >= 11 is 21.4. The number of carbonyl (C=O) groups excluding carboxylic acids is 2. The largest absolute Gasteiger partial charge is 0.461 e. The molecule has 1 saturated heterocycles. The van der Waals surface area contributed by atoms with Crippen molar-refractivity contribution in [2.24, 2.45) is 5.92 Å². The molecule has 1 aliphatic heterocycles. The third-order valence-corrected chi connectivity index (χ3v) is 11.0. The molecule has 3 rings (SSSR count). The lowest BCUT2D eigenvalue weighted by molar-refractivity contribution is -0.152. The van der Waals surface area contributed by atoms with Crippen LogP contribution >= 0.6 is 61.9 Å². The highest BCUT2D eigenvalue weighted by Crippen LogP contribution is 2.77. The van der Waals surface area contributed by atoms with Gasteiger partial charge in [0.05, 0.1) is 15.6 Å². The molecule has 27 heavy (non-hydrogen) atoms. The maximum absolute atomic E-state index is 12.5. The summed E-state index contributed by atoms with van der Waals surface area (Å²) in [7, 11) is 0. The van der Waals surface area contributed by atoms with Crippen LogP contribution in [0.3, 0.4) is 0 Å². The monoisotopic (exact) mass is 466 g/mol. The second-order valence-corrected chi connectivity index (χ2v) is 12.0. The SMILES string of the molecule is CCCC(=O)CC1(S)C2CC3S[C@@]32[C@H](OC(C)=O)C[C@@](S)(C=S)C(O)[C@@H]1S. The molecule has 2 saturated carbocycles. The predicted molar refractivity (Wildman–Crippen MR) is 123 cm³/mol. The van der Waals surface area contributed by atoms with E-state index in [1.807, 2.05) is 6.92 Å². The Hall–Kier alpha value is 0.590. The van der Waals surface area contributed by atoms with Gasteiger partial charge in [-0.15, -0.1) is 11.8 Å². The first kappa shape index (κ1) is 22.3. The summed E-state index contributed by atoms with van der Waals surface area (Å²) in [6.45, 7) is 3.35. The molecule has 4 nitrogen and oxygen atoms in total. The van der Waals surface area contributed by atoms with Crippen molar-refractivity contribution in [3.8, 4) is 0 Å². The fourth-order valence-corrected chi connectivity index (χ4v) is 8.59. The number of aliphatic hydroxyl groups excluding tert-OH is 1. The van der Waals surface area contributed by atoms with E-state index in [2.05, 4.69) is 12.6 Å². The van der Waals surface area contributed by atoms with Gasteiger partial charge in [0.25, 0.3) is 0 Å². The highest BCUT2D eigenvalue weighted by atomic mass is 32.2. The Labute approximate surface area is 186 Å². The second-order valence-electron chi connectivity index (χ2n) is 8.01. The molecule has 1 N–H and O–H groups in total. The van der Waals surface area contributed by atoms with Crippen molar-refractivity contribution in [2.45, 2.75) is 82.9 Å². The molecule has 0 aromatic carbocycles. The van der Waals surface area contributed by atoms with E-state index in [1.165, 1.54) is 12.3 Å². The molecule has 0 amide bonds. The third-order valence-electron chi connectivity index (χ3n) is 6.25. The molecule has 0 aromatic heterocycles. The van der Waals surface area contributed by atoms with Crippen LogP contribution in [0.25, 0.3) is 0 Å². The van der Waals surface area contributed by atoms with Gasteiger partial charge in [-0.25, -0.2) is 0 Å². The van der Waals surface area contributed by atoms with Crippen LogP contribution in [0.2, 0.25) is 0 Å². The quantitative estimate of drug-likeness (QED) is 0.209. The van der Waals surface area contributed by atoms with Gasteiger partial charge in [-0.1, -0.05) is 19.1 Å². The molecular weight excluding hydrogens is 441 g/mol. The molecular formula is C18H26O4S5. The van der Waals surface area contributed by atoms with Crippen LogP contribution in [-0.2, 0) is 14.3 Å². The minimum atomic E-state index is -1.06. The summed E-state index contributed by atoms with van der Waals surface area (Å²) in [4.78, 5) is 24.3. The Balaban J connectivity index is 2.03. The molecule has 0 radical (unpaired) electrons. The van der Waals surface area contributed by atoms with Gasteiger partial charge in [0.15, 0.2) is 0 Å². The number of hydrogen-bond acceptors (Lipinski definition) is 9. The summed E-state index contributed by atoms with van der Waals surface area (Å²) in [5, 5.41) is 12.3. The highest BCUT2D eigenvalue weighted by molar-refractivity contribution is 8.09. The van der Waals surface area contributed by atoms with E-state index >= 15 is 0 Å². The maximum atomic E-state index is 12.5. The van der Waals surface area contributed by atoms with Gasteiger partial charge >= 0.3 is 5.97 Å². The van der Waals surface area contributed by atoms with Crippen molar-refractivity contribution in [1.29, 1.82) is 0 Å². The first-order valence-electron chi connectivity index (χ1n) is 9.19. The van der Waals surface area contributed by atoms with Crippen molar-refractivity contribution in [1.82, 2.24) is 0 Å². The summed E-state index contributed by atoms with van der Waals surface area (Å²) in [6.07, 6.45) is 1.22. The van der Waals surface area contributed by atoms with Crippen LogP contribution < -0.4 is 0 Å². The van der Waals surface area contributed by atoms with E-state index in [0.717, 1.165) is 12.8 Å². The average molecular weight is 467 g/mol. The van der Waals surface area contributed by atoms with Crippen LogP contribution in [0.5, 0.6) is 0 Å². The molecule has 2 aliphatic carbocycles. The maximum Gasteiger partial charge on any atom is 0.302 e. The number of rotatable bonds is 6. The number of thiol groups is 3. The smallest absolute Gasteiger partial charge is 0.302 e. The lowest BCUT2D eigenvalue weighted by atomic mass is 9.58. The number of thioether (sulfide) groups is 1. The topological polar surface area (TPSA) is 63.6 Å². The van der Waals surface area contributed by atoms with E-state index in [1.54, 1.807) is 11.8 Å². The molecule has 0 bridgehead atoms. The molecule has 3 aliphatic rings. The van der Waals surface area contributed by atoms with E-state index in [4.69, 9.17) is 42.2 Å². The van der Waals surface area contributed by atoms with Crippen molar-refractivity contribution < 1.29 is 19.4 Å². The molecule has 1 heterocycles. The Bertz CT molecular complexity index is 660. The summed E-state index contributed by atoms with van der Waals surface area (Å²) < 4.78 is 3.54. The predicted octanol–water partition coefficient (Wildman–Crippen LogP) is 2.95. The third kappa shape index (κ3) is 3.52. The fourth-order valence-electron chi connectivity index (χ4n) is 4.78. The molecule has 1 spiro atoms. The molecule has 4 unspecified atom stereocenters. The van der Waals surface area contributed by atoms with Gasteiger partial charge in [-0.3, -0.25) is 9.59 Å². The van der Waals surface area contributed by atoms with Gasteiger partial charge in [0.2, 0.25) is 0 Å². The summed E-state index contributed by atoms with van der Waals surface area (Å²) in [6, 6.07) is 0. The number of thiocarbonyl (C=S) groups is 1. The van der Waals surface area contributed by atoms with Crippen molar-refractivity contribution in [3.63, 3.8) is 0 Å². The normalized spacial score (nSPS) is 48.1. The lowest BCUT2D eigenvalue weighted by Gasteiger charge is -2.56. The first-order valence-corrected chi connectivity index (χ1v) is 11.9. The minimum Gasteiger partial charge on any atom is -0.461 e. The number of esters is 1. The second kappa shape index (κ2) is 7.69. The van der Waals surface area contributed by atoms with Gasteiger partial charge in [0.1, 0.15) is 11.9 Å². The number of aliphatic hydroxyl groups is 1. The number of Topliss-reactive ketones (excluding diaryl/α,β-unsaturated/α-hetero) is 1. The Morgan fingerprint density at radius 1 is 1.41 bits per heavy atom. The Morgan fingerprint density at radius 3 is 2.56 bits per heavy atom. The summed E-state index contributed by atoms with van der Waals surface area (Å²) in [5.74, 6) is -0.232. The van der Waals surface area contributed by atoms with Gasteiger partial charge in [-0.05, 0) is 24.1 Å². The van der Waals surface area contributed by atoms with Crippen LogP contribution in [0.15, 0.2) is 0 Å². The van der Waals surface area contributed by atoms with Crippen LogP contribution in [0, 0.1) is 5.92 Å². The van der Waals surface area contributed by atoms with Gasteiger partial charge in [-0.2, -0.15) is 37.9 Å². The number of carbonyl (C=O) groups is 2. The minimum absolute atomic E-state index is 0.0219. The number of ketones is 1. The van der Waals surface area contributed by atoms with E-state index < -0.39 is 27.0 Å². The zero-order valence-electron chi connectivity index (χ0n) is 15.3. The van der Waals surface area contributed by atoms with Gasteiger partial charge in [0, 0.05) is 41.4 Å². The Kier molecular flexibility index (Phi) is 6.34. The van der Waals surface area contributed by atoms with Crippen LogP contribution in [0.1, 0.15) is 46.0 Å². The molecule has 9 heteroatoms.